The summed E-state index contributed by atoms with van der Waals surface area (Å²) >= 11 is 0. The van der Waals surface area contributed by atoms with Gasteiger partial charge in [0, 0.05) is 5.92 Å². The molecule has 0 bridgehead atoms. The van der Waals surface area contributed by atoms with Crippen LogP contribution >= 0.6 is 0 Å². The van der Waals surface area contributed by atoms with Crippen molar-refractivity contribution in [2.75, 3.05) is 0 Å². The predicted molar refractivity (Wildman–Crippen MR) is 49.7 cm³/mol. The molecule has 2 rings (SSSR count). The van der Waals surface area contributed by atoms with Gasteiger partial charge in [-0.1, -0.05) is 24.3 Å². The third-order valence-electron chi connectivity index (χ3n) is 3.20. The zero-order chi connectivity index (χ0) is 8.55. The summed E-state index contributed by atoms with van der Waals surface area (Å²) in [5, 5.41) is 9.67. The highest BCUT2D eigenvalue weighted by atomic mass is 16.3. The smallest absolute Gasteiger partial charge is 0.0608 e. The number of hydrogen-bond donors (Lipinski definition) is 1. The SMILES string of the molecule is C=C1CCC=CC2C(O)CCC12. The van der Waals surface area contributed by atoms with Gasteiger partial charge in [-0.05, 0) is 31.6 Å². The van der Waals surface area contributed by atoms with Gasteiger partial charge in [0.15, 0.2) is 0 Å². The van der Waals surface area contributed by atoms with Gasteiger partial charge in [0.05, 0.1) is 6.10 Å². The van der Waals surface area contributed by atoms with E-state index in [0.29, 0.717) is 11.8 Å². The maximum absolute atomic E-state index is 9.67. The molecule has 0 aromatic carbocycles. The fourth-order valence-corrected chi connectivity index (χ4v) is 2.45. The molecule has 3 unspecified atom stereocenters. The van der Waals surface area contributed by atoms with Crippen LogP contribution in [-0.2, 0) is 0 Å². The van der Waals surface area contributed by atoms with Crippen molar-refractivity contribution in [1.82, 2.24) is 0 Å². The maximum Gasteiger partial charge on any atom is 0.0608 e. The van der Waals surface area contributed by atoms with Crippen molar-refractivity contribution in [3.05, 3.63) is 24.3 Å². The predicted octanol–water partition coefficient (Wildman–Crippen LogP) is 2.28. The standard InChI is InChI=1S/C11H16O/c1-8-4-2-3-5-10-9(8)6-7-11(10)12/h3,5,9-12H,1-2,4,6-7H2. The van der Waals surface area contributed by atoms with E-state index in [9.17, 15) is 5.11 Å². The Bertz CT molecular complexity index is 217. The number of hydrogen-bond acceptors (Lipinski definition) is 1. The summed E-state index contributed by atoms with van der Waals surface area (Å²) < 4.78 is 0. The van der Waals surface area contributed by atoms with Gasteiger partial charge in [-0.2, -0.15) is 0 Å². The van der Waals surface area contributed by atoms with E-state index in [2.05, 4.69) is 18.7 Å². The van der Waals surface area contributed by atoms with Crippen LogP contribution in [0.1, 0.15) is 25.7 Å². The molecule has 0 aliphatic heterocycles. The molecule has 1 saturated carbocycles. The lowest BCUT2D eigenvalue weighted by atomic mass is 9.89. The van der Waals surface area contributed by atoms with Gasteiger partial charge in [0.25, 0.3) is 0 Å². The fourth-order valence-electron chi connectivity index (χ4n) is 2.45. The Morgan fingerprint density at radius 1 is 1.42 bits per heavy atom. The van der Waals surface area contributed by atoms with Crippen molar-refractivity contribution < 1.29 is 5.11 Å². The van der Waals surface area contributed by atoms with Crippen molar-refractivity contribution in [3.8, 4) is 0 Å². The van der Waals surface area contributed by atoms with Crippen LogP contribution in [0.4, 0.5) is 0 Å². The van der Waals surface area contributed by atoms with Gasteiger partial charge < -0.3 is 5.11 Å². The maximum atomic E-state index is 9.67. The normalized spacial score (nSPS) is 41.1. The zero-order valence-electron chi connectivity index (χ0n) is 7.37. The Balaban J connectivity index is 2.21. The molecule has 0 amide bonds. The van der Waals surface area contributed by atoms with Gasteiger partial charge >= 0.3 is 0 Å². The highest BCUT2D eigenvalue weighted by molar-refractivity contribution is 5.15. The van der Waals surface area contributed by atoms with Crippen LogP contribution in [0.3, 0.4) is 0 Å². The first-order valence-electron chi connectivity index (χ1n) is 4.81. The van der Waals surface area contributed by atoms with Crippen LogP contribution in [0.5, 0.6) is 0 Å². The Labute approximate surface area is 73.8 Å². The number of rotatable bonds is 0. The van der Waals surface area contributed by atoms with Gasteiger partial charge in [-0.3, -0.25) is 0 Å². The number of aliphatic hydroxyl groups excluding tert-OH is 1. The van der Waals surface area contributed by atoms with E-state index in [1.807, 2.05) is 0 Å². The van der Waals surface area contributed by atoms with Crippen LogP contribution in [0, 0.1) is 11.8 Å². The Hall–Kier alpha value is -0.560. The Morgan fingerprint density at radius 2 is 2.25 bits per heavy atom. The molecule has 0 radical (unpaired) electrons. The number of fused-ring (bicyclic) bond motifs is 1. The molecular weight excluding hydrogens is 148 g/mol. The molecule has 1 nitrogen and oxygen atoms in total. The second-order valence-electron chi connectivity index (χ2n) is 3.95. The summed E-state index contributed by atoms with van der Waals surface area (Å²) in [5.41, 5.74) is 1.35. The van der Waals surface area contributed by atoms with E-state index < -0.39 is 0 Å². The first-order chi connectivity index (χ1) is 5.79. The van der Waals surface area contributed by atoms with Crippen LogP contribution in [-0.4, -0.2) is 11.2 Å². The largest absolute Gasteiger partial charge is 0.392 e. The Kier molecular flexibility index (Phi) is 2.05. The molecule has 1 N–H and O–H groups in total. The fraction of sp³-hybridized carbons (Fsp3) is 0.636. The minimum Gasteiger partial charge on any atom is -0.392 e. The minimum absolute atomic E-state index is 0.110. The lowest BCUT2D eigenvalue weighted by molar-refractivity contribution is 0.146. The number of allylic oxidation sites excluding steroid dienone is 2. The van der Waals surface area contributed by atoms with Gasteiger partial charge in [0.2, 0.25) is 0 Å². The molecule has 0 heterocycles. The Morgan fingerprint density at radius 3 is 3.08 bits per heavy atom. The number of aliphatic hydroxyl groups is 1. The lowest BCUT2D eigenvalue weighted by Crippen LogP contribution is -2.16. The topological polar surface area (TPSA) is 20.2 Å². The van der Waals surface area contributed by atoms with E-state index in [1.54, 1.807) is 0 Å². The van der Waals surface area contributed by atoms with Gasteiger partial charge in [-0.25, -0.2) is 0 Å². The molecule has 2 aliphatic carbocycles. The van der Waals surface area contributed by atoms with Crippen LogP contribution in [0.2, 0.25) is 0 Å². The van der Waals surface area contributed by atoms with Crippen molar-refractivity contribution in [1.29, 1.82) is 0 Å². The molecule has 3 atom stereocenters. The summed E-state index contributed by atoms with van der Waals surface area (Å²) in [5.74, 6) is 0.943. The molecule has 0 aromatic rings. The molecule has 2 aliphatic rings. The molecule has 1 fully saturated rings. The third-order valence-corrected chi connectivity index (χ3v) is 3.20. The minimum atomic E-state index is -0.110. The lowest BCUT2D eigenvalue weighted by Gasteiger charge is -2.18. The summed E-state index contributed by atoms with van der Waals surface area (Å²) in [6.07, 6.45) is 8.60. The van der Waals surface area contributed by atoms with Crippen molar-refractivity contribution >= 4 is 0 Å². The van der Waals surface area contributed by atoms with Gasteiger partial charge in [-0.15, -0.1) is 0 Å². The summed E-state index contributed by atoms with van der Waals surface area (Å²) in [7, 11) is 0. The second-order valence-corrected chi connectivity index (χ2v) is 3.95. The molecule has 66 valence electrons. The summed E-state index contributed by atoms with van der Waals surface area (Å²) in [6.45, 7) is 4.10. The van der Waals surface area contributed by atoms with E-state index in [0.717, 1.165) is 25.7 Å². The van der Waals surface area contributed by atoms with Crippen LogP contribution < -0.4 is 0 Å². The van der Waals surface area contributed by atoms with Crippen molar-refractivity contribution in [3.63, 3.8) is 0 Å². The summed E-state index contributed by atoms with van der Waals surface area (Å²) in [6, 6.07) is 0. The third kappa shape index (κ3) is 1.22. The highest BCUT2D eigenvalue weighted by Gasteiger charge is 2.34. The molecule has 0 spiro atoms. The zero-order valence-corrected chi connectivity index (χ0v) is 7.37. The second kappa shape index (κ2) is 3.06. The van der Waals surface area contributed by atoms with Crippen molar-refractivity contribution in [2.24, 2.45) is 11.8 Å². The molecular formula is C11H16O. The molecule has 1 heteroatoms. The first kappa shape index (κ1) is 8.06. The average Bonchev–Trinajstić information content (AvgIpc) is 2.30. The van der Waals surface area contributed by atoms with E-state index >= 15 is 0 Å². The van der Waals surface area contributed by atoms with E-state index in [1.165, 1.54) is 5.57 Å². The average molecular weight is 164 g/mol. The van der Waals surface area contributed by atoms with Crippen LogP contribution in [0.15, 0.2) is 24.3 Å². The van der Waals surface area contributed by atoms with E-state index in [4.69, 9.17) is 0 Å². The van der Waals surface area contributed by atoms with E-state index in [-0.39, 0.29) is 6.10 Å². The van der Waals surface area contributed by atoms with Crippen LogP contribution in [0.25, 0.3) is 0 Å². The first-order valence-corrected chi connectivity index (χ1v) is 4.81. The van der Waals surface area contributed by atoms with Crippen molar-refractivity contribution in [2.45, 2.75) is 31.8 Å². The summed E-state index contributed by atoms with van der Waals surface area (Å²) in [4.78, 5) is 0. The highest BCUT2D eigenvalue weighted by Crippen LogP contribution is 2.40. The molecule has 0 aromatic heterocycles. The monoisotopic (exact) mass is 164 g/mol. The molecule has 0 saturated heterocycles. The van der Waals surface area contributed by atoms with Gasteiger partial charge in [0.1, 0.15) is 0 Å². The quantitative estimate of drug-likeness (QED) is 0.544. The molecule has 12 heavy (non-hydrogen) atoms.